The summed E-state index contributed by atoms with van der Waals surface area (Å²) in [5, 5.41) is 2.83. The smallest absolute Gasteiger partial charge is 0.325 e. The first-order chi connectivity index (χ1) is 13.1. The number of H-pyrrole nitrogens is 2. The van der Waals surface area contributed by atoms with Crippen molar-refractivity contribution in [1.82, 2.24) is 20.2 Å². The van der Waals surface area contributed by atoms with E-state index in [-0.39, 0.29) is 11.6 Å². The summed E-state index contributed by atoms with van der Waals surface area (Å²) in [7, 11) is 1.62. The van der Waals surface area contributed by atoms with Gasteiger partial charge in [0.05, 0.1) is 13.2 Å². The SMILES string of the molecule is COc1ccc([C@@H](CNC(=O)c2c[nH]c(=O)[nH]c2=O)N2CCCCC2)cc1. The zero-order valence-corrected chi connectivity index (χ0v) is 15.3. The number of ether oxygens (including phenoxy) is 1. The van der Waals surface area contributed by atoms with Crippen LogP contribution in [0.15, 0.2) is 40.1 Å². The largest absolute Gasteiger partial charge is 0.497 e. The third kappa shape index (κ3) is 4.65. The molecule has 0 unspecified atom stereocenters. The van der Waals surface area contributed by atoms with Crippen LogP contribution in [-0.4, -0.2) is 47.5 Å². The molecule has 2 aromatic rings. The van der Waals surface area contributed by atoms with Gasteiger partial charge in [-0.05, 0) is 43.6 Å². The first-order valence-corrected chi connectivity index (χ1v) is 9.06. The molecule has 8 nitrogen and oxygen atoms in total. The minimum Gasteiger partial charge on any atom is -0.497 e. The van der Waals surface area contributed by atoms with Crippen molar-refractivity contribution >= 4 is 5.91 Å². The first-order valence-electron chi connectivity index (χ1n) is 9.06. The van der Waals surface area contributed by atoms with Gasteiger partial charge in [-0.3, -0.25) is 19.5 Å². The van der Waals surface area contributed by atoms with Gasteiger partial charge in [0.1, 0.15) is 11.3 Å². The van der Waals surface area contributed by atoms with Crippen molar-refractivity contribution in [2.75, 3.05) is 26.7 Å². The number of rotatable bonds is 6. The van der Waals surface area contributed by atoms with E-state index in [1.54, 1.807) is 7.11 Å². The molecule has 2 heterocycles. The number of methoxy groups -OCH3 is 1. The monoisotopic (exact) mass is 372 g/mol. The molecule has 1 aliphatic heterocycles. The highest BCUT2D eigenvalue weighted by Crippen LogP contribution is 2.25. The summed E-state index contributed by atoms with van der Waals surface area (Å²) in [5.41, 5.74) is -0.369. The maximum Gasteiger partial charge on any atom is 0.325 e. The van der Waals surface area contributed by atoms with Gasteiger partial charge in [0.2, 0.25) is 0 Å². The molecular formula is C19H24N4O4. The Morgan fingerprint density at radius 3 is 2.52 bits per heavy atom. The van der Waals surface area contributed by atoms with E-state index in [4.69, 9.17) is 4.74 Å². The quantitative estimate of drug-likeness (QED) is 0.702. The third-order valence-electron chi connectivity index (χ3n) is 4.85. The standard InChI is InChI=1S/C19H24N4O4/c1-27-14-7-5-13(6-8-14)16(23-9-3-2-4-10-23)12-20-17(24)15-11-21-19(26)22-18(15)25/h5-8,11,16H,2-4,9-10,12H2,1H3,(H,20,24)(H2,21,22,25,26)/t16-/m1/s1. The summed E-state index contributed by atoms with van der Waals surface area (Å²) in [6, 6.07) is 7.80. The summed E-state index contributed by atoms with van der Waals surface area (Å²) in [4.78, 5) is 42.1. The molecule has 0 bridgehead atoms. The molecule has 1 atom stereocenters. The first kappa shape index (κ1) is 18.9. The number of amides is 1. The van der Waals surface area contributed by atoms with Crippen LogP contribution in [0, 0.1) is 0 Å². The highest BCUT2D eigenvalue weighted by atomic mass is 16.5. The number of aromatic amines is 2. The van der Waals surface area contributed by atoms with E-state index >= 15 is 0 Å². The minimum atomic E-state index is -0.699. The van der Waals surface area contributed by atoms with E-state index in [1.165, 1.54) is 6.42 Å². The number of carbonyl (C=O) groups is 1. The Morgan fingerprint density at radius 1 is 1.19 bits per heavy atom. The van der Waals surface area contributed by atoms with E-state index in [1.807, 2.05) is 24.3 Å². The van der Waals surface area contributed by atoms with Gasteiger partial charge in [-0.25, -0.2) is 4.79 Å². The average Bonchev–Trinajstić information content (AvgIpc) is 2.69. The summed E-state index contributed by atoms with van der Waals surface area (Å²) in [6.07, 6.45) is 4.60. The Balaban J connectivity index is 1.76. The highest BCUT2D eigenvalue weighted by Gasteiger charge is 2.23. The fourth-order valence-electron chi connectivity index (χ4n) is 3.38. The Labute approximate surface area is 156 Å². The average molecular weight is 372 g/mol. The van der Waals surface area contributed by atoms with Crippen LogP contribution >= 0.6 is 0 Å². The maximum absolute atomic E-state index is 12.4. The van der Waals surface area contributed by atoms with Crippen LogP contribution in [0.2, 0.25) is 0 Å². The maximum atomic E-state index is 12.4. The molecule has 0 saturated carbocycles. The van der Waals surface area contributed by atoms with Gasteiger partial charge < -0.3 is 15.0 Å². The summed E-state index contributed by atoms with van der Waals surface area (Å²) in [5.74, 6) is 0.267. The molecule has 1 amide bonds. The third-order valence-corrected chi connectivity index (χ3v) is 4.85. The van der Waals surface area contributed by atoms with E-state index in [0.717, 1.165) is 43.4 Å². The van der Waals surface area contributed by atoms with Gasteiger partial charge in [0, 0.05) is 12.7 Å². The lowest BCUT2D eigenvalue weighted by Gasteiger charge is -2.35. The van der Waals surface area contributed by atoms with Crippen LogP contribution in [0.3, 0.4) is 0 Å². The number of piperidine rings is 1. The fourth-order valence-corrected chi connectivity index (χ4v) is 3.38. The van der Waals surface area contributed by atoms with Gasteiger partial charge in [-0.2, -0.15) is 0 Å². The van der Waals surface area contributed by atoms with Gasteiger partial charge in [-0.15, -0.1) is 0 Å². The molecule has 1 aromatic heterocycles. The molecule has 1 fully saturated rings. The topological polar surface area (TPSA) is 107 Å². The minimum absolute atomic E-state index is 0.00185. The Hall–Kier alpha value is -2.87. The number of aromatic nitrogens is 2. The second-order valence-corrected chi connectivity index (χ2v) is 6.58. The number of benzene rings is 1. The van der Waals surface area contributed by atoms with Crippen molar-refractivity contribution < 1.29 is 9.53 Å². The van der Waals surface area contributed by atoms with E-state index in [2.05, 4.69) is 20.2 Å². The predicted octanol–water partition coefficient (Wildman–Crippen LogP) is 1.03. The second-order valence-electron chi connectivity index (χ2n) is 6.58. The number of nitrogens with one attached hydrogen (secondary N) is 3. The number of hydrogen-bond acceptors (Lipinski definition) is 5. The highest BCUT2D eigenvalue weighted by molar-refractivity contribution is 5.93. The normalized spacial score (nSPS) is 15.9. The Kier molecular flexibility index (Phi) is 6.08. The molecule has 1 aromatic carbocycles. The van der Waals surface area contributed by atoms with Crippen LogP contribution in [0.4, 0.5) is 0 Å². The van der Waals surface area contributed by atoms with Crippen LogP contribution < -0.4 is 21.3 Å². The molecule has 27 heavy (non-hydrogen) atoms. The summed E-state index contributed by atoms with van der Waals surface area (Å²) in [6.45, 7) is 2.29. The number of carbonyl (C=O) groups excluding carboxylic acids is 1. The van der Waals surface area contributed by atoms with Crippen molar-refractivity contribution in [1.29, 1.82) is 0 Å². The molecule has 3 N–H and O–H groups in total. The molecule has 8 heteroatoms. The van der Waals surface area contributed by atoms with E-state index < -0.39 is 17.2 Å². The van der Waals surface area contributed by atoms with Crippen molar-refractivity contribution in [3.05, 3.63) is 62.4 Å². The van der Waals surface area contributed by atoms with Crippen molar-refractivity contribution in [2.24, 2.45) is 0 Å². The van der Waals surface area contributed by atoms with Crippen molar-refractivity contribution in [3.63, 3.8) is 0 Å². The molecule has 0 aliphatic carbocycles. The van der Waals surface area contributed by atoms with Crippen LogP contribution in [0.25, 0.3) is 0 Å². The van der Waals surface area contributed by atoms with Gasteiger partial charge in [0.25, 0.3) is 11.5 Å². The molecule has 1 saturated heterocycles. The molecule has 0 radical (unpaired) electrons. The molecule has 144 valence electrons. The fraction of sp³-hybridized carbons (Fsp3) is 0.421. The molecular weight excluding hydrogens is 348 g/mol. The molecule has 0 spiro atoms. The Morgan fingerprint density at radius 2 is 1.89 bits per heavy atom. The molecule has 1 aliphatic rings. The van der Waals surface area contributed by atoms with Gasteiger partial charge >= 0.3 is 5.69 Å². The van der Waals surface area contributed by atoms with Crippen LogP contribution in [-0.2, 0) is 0 Å². The van der Waals surface area contributed by atoms with Crippen molar-refractivity contribution in [3.8, 4) is 5.75 Å². The van der Waals surface area contributed by atoms with Crippen LogP contribution in [0.1, 0.15) is 41.2 Å². The predicted molar refractivity (Wildman–Crippen MR) is 101 cm³/mol. The van der Waals surface area contributed by atoms with Gasteiger partial charge in [0.15, 0.2) is 0 Å². The van der Waals surface area contributed by atoms with Crippen LogP contribution in [0.5, 0.6) is 5.75 Å². The number of nitrogens with zero attached hydrogens (tertiary/aromatic N) is 1. The lowest BCUT2D eigenvalue weighted by Crippen LogP contribution is -2.42. The van der Waals surface area contributed by atoms with Crippen molar-refractivity contribution in [2.45, 2.75) is 25.3 Å². The number of hydrogen-bond donors (Lipinski definition) is 3. The second kappa shape index (κ2) is 8.68. The lowest BCUT2D eigenvalue weighted by molar-refractivity contribution is 0.0922. The van der Waals surface area contributed by atoms with Gasteiger partial charge in [-0.1, -0.05) is 18.6 Å². The van der Waals surface area contributed by atoms with E-state index in [9.17, 15) is 14.4 Å². The summed E-state index contributed by atoms with van der Waals surface area (Å²) < 4.78 is 5.22. The summed E-state index contributed by atoms with van der Waals surface area (Å²) >= 11 is 0. The Bertz CT molecular complexity index is 882. The van der Waals surface area contributed by atoms with E-state index in [0.29, 0.717) is 6.54 Å². The zero-order chi connectivity index (χ0) is 19.2. The number of likely N-dealkylation sites (tertiary alicyclic amines) is 1. The zero-order valence-electron chi connectivity index (χ0n) is 15.3. The molecule has 3 rings (SSSR count). The lowest BCUT2D eigenvalue weighted by atomic mass is 10.0.